The third-order valence-corrected chi connectivity index (χ3v) is 5.15. The number of aromatic nitrogens is 4. The highest BCUT2D eigenvalue weighted by atomic mass is 15.5. The van der Waals surface area contributed by atoms with Gasteiger partial charge in [0.15, 0.2) is 5.82 Å². The van der Waals surface area contributed by atoms with Gasteiger partial charge in [0.1, 0.15) is 0 Å². The summed E-state index contributed by atoms with van der Waals surface area (Å²) in [4.78, 5) is 5.15. The summed E-state index contributed by atoms with van der Waals surface area (Å²) in [6.07, 6.45) is 5.62. The Bertz CT molecular complexity index is 611. The van der Waals surface area contributed by atoms with Crippen molar-refractivity contribution < 1.29 is 0 Å². The van der Waals surface area contributed by atoms with Gasteiger partial charge in [0.05, 0.1) is 12.2 Å². The molecule has 122 valence electrons. The molecule has 0 amide bonds. The zero-order chi connectivity index (χ0) is 15.5. The molecule has 6 nitrogen and oxygen atoms in total. The first-order chi connectivity index (χ1) is 11.4. The molecule has 6 heteroatoms. The van der Waals surface area contributed by atoms with Crippen LogP contribution in [0.2, 0.25) is 0 Å². The Morgan fingerprint density at radius 2 is 1.70 bits per heavy atom. The maximum atomic E-state index is 4.23. The molecule has 0 spiro atoms. The van der Waals surface area contributed by atoms with E-state index in [2.05, 4.69) is 25.3 Å². The third-order valence-electron chi connectivity index (χ3n) is 5.15. The van der Waals surface area contributed by atoms with Gasteiger partial charge in [-0.2, -0.15) is 4.68 Å². The van der Waals surface area contributed by atoms with Gasteiger partial charge in [-0.1, -0.05) is 31.0 Å². The molecule has 2 aromatic rings. The standard InChI is InChI=1S/C17H24N6/c1-2-8-16(9-3-1)23-17(18-19-20-23)14-21-10-12-22(13-11-21)15-6-4-5-7-15/h1-3,8-9,15H,4-7,10-14H2. The highest BCUT2D eigenvalue weighted by molar-refractivity contribution is 5.30. The zero-order valence-corrected chi connectivity index (χ0v) is 13.5. The van der Waals surface area contributed by atoms with E-state index in [9.17, 15) is 0 Å². The molecule has 1 saturated carbocycles. The van der Waals surface area contributed by atoms with Crippen molar-refractivity contribution in [3.8, 4) is 5.69 Å². The van der Waals surface area contributed by atoms with Gasteiger partial charge in [-0.15, -0.1) is 5.10 Å². The molecular weight excluding hydrogens is 288 g/mol. The average molecular weight is 312 g/mol. The number of hydrogen-bond acceptors (Lipinski definition) is 5. The van der Waals surface area contributed by atoms with Crippen molar-refractivity contribution >= 4 is 0 Å². The van der Waals surface area contributed by atoms with E-state index in [0.717, 1.165) is 37.2 Å². The highest BCUT2D eigenvalue weighted by Gasteiger charge is 2.26. The molecule has 2 fully saturated rings. The van der Waals surface area contributed by atoms with Crippen LogP contribution in [0.3, 0.4) is 0 Å². The number of piperazine rings is 1. The van der Waals surface area contributed by atoms with Gasteiger partial charge in [-0.25, -0.2) is 0 Å². The second kappa shape index (κ2) is 6.76. The molecule has 0 radical (unpaired) electrons. The molecule has 1 aliphatic heterocycles. The number of para-hydroxylation sites is 1. The fourth-order valence-corrected chi connectivity index (χ4v) is 3.83. The SMILES string of the molecule is c1ccc(-n2nnnc2CN2CCN(C3CCCC3)CC2)cc1. The Hall–Kier alpha value is -1.79. The molecule has 0 unspecified atom stereocenters. The first-order valence-corrected chi connectivity index (χ1v) is 8.69. The van der Waals surface area contributed by atoms with Crippen LogP contribution >= 0.6 is 0 Å². The lowest BCUT2D eigenvalue weighted by molar-refractivity contribution is 0.0917. The Morgan fingerprint density at radius 1 is 0.957 bits per heavy atom. The van der Waals surface area contributed by atoms with E-state index < -0.39 is 0 Å². The number of rotatable bonds is 4. The van der Waals surface area contributed by atoms with Crippen molar-refractivity contribution in [3.05, 3.63) is 36.2 Å². The van der Waals surface area contributed by atoms with E-state index in [1.54, 1.807) is 0 Å². The van der Waals surface area contributed by atoms with E-state index in [1.807, 2.05) is 35.0 Å². The van der Waals surface area contributed by atoms with Crippen molar-refractivity contribution in [3.63, 3.8) is 0 Å². The molecule has 0 atom stereocenters. The summed E-state index contributed by atoms with van der Waals surface area (Å²) in [5, 5.41) is 12.2. The Morgan fingerprint density at radius 3 is 2.43 bits per heavy atom. The average Bonchev–Trinajstić information content (AvgIpc) is 3.28. The van der Waals surface area contributed by atoms with Crippen LogP contribution < -0.4 is 0 Å². The lowest BCUT2D eigenvalue weighted by Gasteiger charge is -2.37. The van der Waals surface area contributed by atoms with E-state index in [1.165, 1.54) is 38.8 Å². The van der Waals surface area contributed by atoms with E-state index in [0.29, 0.717) is 0 Å². The molecule has 2 heterocycles. The first-order valence-electron chi connectivity index (χ1n) is 8.69. The van der Waals surface area contributed by atoms with Gasteiger partial charge in [0, 0.05) is 32.2 Å². The molecular formula is C17H24N6. The number of hydrogen-bond donors (Lipinski definition) is 0. The Kier molecular flexibility index (Phi) is 4.35. The largest absolute Gasteiger partial charge is 0.298 e. The Balaban J connectivity index is 1.38. The van der Waals surface area contributed by atoms with Gasteiger partial charge >= 0.3 is 0 Å². The minimum atomic E-state index is 0.820. The predicted octanol–water partition coefficient (Wildman–Crippen LogP) is 1.72. The normalized spacial score (nSPS) is 21.0. The maximum Gasteiger partial charge on any atom is 0.170 e. The van der Waals surface area contributed by atoms with E-state index in [-0.39, 0.29) is 0 Å². The molecule has 0 N–H and O–H groups in total. The minimum Gasteiger partial charge on any atom is -0.298 e. The van der Waals surface area contributed by atoms with Crippen LogP contribution in [0.15, 0.2) is 30.3 Å². The molecule has 1 saturated heterocycles. The van der Waals surface area contributed by atoms with Gasteiger partial charge in [0.25, 0.3) is 0 Å². The lowest BCUT2D eigenvalue weighted by atomic mass is 10.2. The topological polar surface area (TPSA) is 50.1 Å². The molecule has 1 aliphatic carbocycles. The van der Waals surface area contributed by atoms with Crippen LogP contribution in [0, 0.1) is 0 Å². The maximum absolute atomic E-state index is 4.23. The molecule has 1 aromatic carbocycles. The molecule has 2 aliphatic rings. The second-order valence-electron chi connectivity index (χ2n) is 6.59. The number of nitrogens with zero attached hydrogens (tertiary/aromatic N) is 6. The van der Waals surface area contributed by atoms with Crippen LogP contribution in [-0.2, 0) is 6.54 Å². The summed E-state index contributed by atoms with van der Waals surface area (Å²) >= 11 is 0. The van der Waals surface area contributed by atoms with Crippen LogP contribution in [0.4, 0.5) is 0 Å². The van der Waals surface area contributed by atoms with Crippen molar-refractivity contribution in [2.24, 2.45) is 0 Å². The summed E-state index contributed by atoms with van der Waals surface area (Å²) in [6, 6.07) is 11.0. The summed E-state index contributed by atoms with van der Waals surface area (Å²) in [5.74, 6) is 0.922. The third kappa shape index (κ3) is 3.28. The van der Waals surface area contributed by atoms with Crippen LogP contribution in [0.1, 0.15) is 31.5 Å². The molecule has 0 bridgehead atoms. The summed E-state index contributed by atoms with van der Waals surface area (Å²) < 4.78 is 1.85. The lowest BCUT2D eigenvalue weighted by Crippen LogP contribution is -2.49. The highest BCUT2D eigenvalue weighted by Crippen LogP contribution is 2.24. The van der Waals surface area contributed by atoms with E-state index in [4.69, 9.17) is 0 Å². The van der Waals surface area contributed by atoms with Gasteiger partial charge in [-0.3, -0.25) is 9.80 Å². The quantitative estimate of drug-likeness (QED) is 0.860. The van der Waals surface area contributed by atoms with Gasteiger partial charge in [-0.05, 0) is 35.4 Å². The van der Waals surface area contributed by atoms with Crippen LogP contribution in [0.5, 0.6) is 0 Å². The van der Waals surface area contributed by atoms with Crippen molar-refractivity contribution in [1.29, 1.82) is 0 Å². The number of benzene rings is 1. The predicted molar refractivity (Wildman–Crippen MR) is 88.3 cm³/mol. The van der Waals surface area contributed by atoms with Gasteiger partial charge in [0.2, 0.25) is 0 Å². The first kappa shape index (κ1) is 14.8. The van der Waals surface area contributed by atoms with Crippen LogP contribution in [-0.4, -0.2) is 62.2 Å². The Labute approximate surface area is 137 Å². The van der Waals surface area contributed by atoms with Crippen molar-refractivity contribution in [2.75, 3.05) is 26.2 Å². The summed E-state index contributed by atoms with van der Waals surface area (Å²) in [5.41, 5.74) is 1.03. The molecule has 4 rings (SSSR count). The smallest absolute Gasteiger partial charge is 0.170 e. The number of tetrazole rings is 1. The summed E-state index contributed by atoms with van der Waals surface area (Å²) in [6.45, 7) is 5.39. The van der Waals surface area contributed by atoms with Crippen molar-refractivity contribution in [1.82, 2.24) is 30.0 Å². The van der Waals surface area contributed by atoms with E-state index >= 15 is 0 Å². The minimum absolute atomic E-state index is 0.820. The zero-order valence-electron chi connectivity index (χ0n) is 13.5. The van der Waals surface area contributed by atoms with Crippen molar-refractivity contribution in [2.45, 2.75) is 38.3 Å². The van der Waals surface area contributed by atoms with Crippen LogP contribution in [0.25, 0.3) is 5.69 Å². The fourth-order valence-electron chi connectivity index (χ4n) is 3.83. The second-order valence-corrected chi connectivity index (χ2v) is 6.59. The van der Waals surface area contributed by atoms with Gasteiger partial charge < -0.3 is 0 Å². The molecule has 23 heavy (non-hydrogen) atoms. The molecule has 1 aromatic heterocycles. The summed E-state index contributed by atoms with van der Waals surface area (Å²) in [7, 11) is 0. The monoisotopic (exact) mass is 312 g/mol. The fraction of sp³-hybridized carbons (Fsp3) is 0.588.